The minimum absolute atomic E-state index is 0.00347. The molecule has 11 heavy (non-hydrogen) atoms. The van der Waals surface area contributed by atoms with E-state index in [9.17, 15) is 14.7 Å². The van der Waals surface area contributed by atoms with Crippen LogP contribution in [0.15, 0.2) is 0 Å². The second-order valence-corrected chi connectivity index (χ2v) is 3.45. The standard InChI is InChI=1S/C5H5NO3S2/c7-4(8)6-1-3(10)2-11-5(6)9/h1-2H2,(H,7,8)/p-1. The van der Waals surface area contributed by atoms with Crippen LogP contribution in [0.1, 0.15) is 0 Å². The van der Waals surface area contributed by atoms with Crippen molar-refractivity contribution in [2.24, 2.45) is 0 Å². The summed E-state index contributed by atoms with van der Waals surface area (Å²) in [5.74, 6) is 0.429. The van der Waals surface area contributed by atoms with E-state index in [2.05, 4.69) is 0 Å². The van der Waals surface area contributed by atoms with Gasteiger partial charge in [0.05, 0.1) is 6.54 Å². The molecule has 0 unspecified atom stereocenters. The lowest BCUT2D eigenvalue weighted by Crippen LogP contribution is -2.48. The minimum atomic E-state index is -1.48. The Morgan fingerprint density at radius 1 is 1.73 bits per heavy atom. The number of rotatable bonds is 0. The molecule has 1 fully saturated rings. The van der Waals surface area contributed by atoms with Crippen LogP contribution in [0.2, 0.25) is 0 Å². The number of thioether (sulfide) groups is 1. The molecule has 0 saturated carbocycles. The Balaban J connectivity index is 2.69. The molecule has 60 valence electrons. The molecule has 0 radical (unpaired) electrons. The summed E-state index contributed by atoms with van der Waals surface area (Å²) >= 11 is 5.64. The van der Waals surface area contributed by atoms with Gasteiger partial charge in [-0.2, -0.15) is 0 Å². The highest BCUT2D eigenvalue weighted by molar-refractivity contribution is 8.14. The maximum absolute atomic E-state index is 10.8. The topological polar surface area (TPSA) is 60.4 Å². The smallest absolute Gasteiger partial charge is 0.287 e. The first-order valence-corrected chi connectivity index (χ1v) is 4.17. The third-order valence-electron chi connectivity index (χ3n) is 1.13. The highest BCUT2D eigenvalue weighted by atomic mass is 32.2. The molecular weight excluding hydrogens is 186 g/mol. The van der Waals surface area contributed by atoms with Gasteiger partial charge in [0.2, 0.25) is 0 Å². The molecule has 0 N–H and O–H groups in total. The maximum Gasteiger partial charge on any atom is 0.287 e. The molecule has 0 bridgehead atoms. The van der Waals surface area contributed by atoms with Crippen molar-refractivity contribution in [3.05, 3.63) is 0 Å². The molecule has 1 heterocycles. The Morgan fingerprint density at radius 2 is 2.36 bits per heavy atom. The molecule has 0 aromatic carbocycles. The first-order chi connectivity index (χ1) is 5.11. The van der Waals surface area contributed by atoms with Crippen LogP contribution in [0.4, 0.5) is 9.59 Å². The summed E-state index contributed by atoms with van der Waals surface area (Å²) in [4.78, 5) is 22.2. The second-order valence-electron chi connectivity index (χ2n) is 1.95. The van der Waals surface area contributed by atoms with Gasteiger partial charge in [0.15, 0.2) is 0 Å². The van der Waals surface area contributed by atoms with Gasteiger partial charge in [0, 0.05) is 10.6 Å². The summed E-state index contributed by atoms with van der Waals surface area (Å²) < 4.78 is 0. The highest BCUT2D eigenvalue weighted by Crippen LogP contribution is 2.15. The number of amides is 2. The Bertz CT molecular complexity index is 228. The van der Waals surface area contributed by atoms with Crippen molar-refractivity contribution < 1.29 is 14.7 Å². The Kier molecular flexibility index (Phi) is 2.45. The molecule has 1 aliphatic rings. The number of hydrogen-bond donors (Lipinski definition) is 0. The molecule has 0 spiro atoms. The number of carbonyl (C=O) groups is 2. The van der Waals surface area contributed by atoms with Crippen LogP contribution in [0.25, 0.3) is 0 Å². The average Bonchev–Trinajstić information content (AvgIpc) is 1.94. The molecular formula is C5H4NO3S2-. The minimum Gasteiger partial charge on any atom is -0.530 e. The third kappa shape index (κ3) is 1.90. The summed E-state index contributed by atoms with van der Waals surface area (Å²) in [5, 5.41) is 9.73. The first-order valence-electron chi connectivity index (χ1n) is 2.78. The fourth-order valence-corrected chi connectivity index (χ4v) is 1.62. The summed E-state index contributed by atoms with van der Waals surface area (Å²) in [7, 11) is 0. The number of thiocarbonyl (C=S) groups is 1. The highest BCUT2D eigenvalue weighted by Gasteiger charge is 2.22. The number of carbonyl (C=O) groups excluding carboxylic acids is 2. The van der Waals surface area contributed by atoms with Crippen molar-refractivity contribution in [3.8, 4) is 0 Å². The second kappa shape index (κ2) is 3.19. The van der Waals surface area contributed by atoms with Crippen LogP contribution in [0.5, 0.6) is 0 Å². The Morgan fingerprint density at radius 3 is 2.82 bits per heavy atom. The molecule has 2 amide bonds. The van der Waals surface area contributed by atoms with E-state index in [1.54, 1.807) is 0 Å². The van der Waals surface area contributed by atoms with Gasteiger partial charge in [0.25, 0.3) is 5.24 Å². The maximum atomic E-state index is 10.8. The lowest BCUT2D eigenvalue weighted by Gasteiger charge is -2.26. The lowest BCUT2D eigenvalue weighted by atomic mass is 10.4. The Labute approximate surface area is 72.6 Å². The summed E-state index contributed by atoms with van der Waals surface area (Å²) in [6.45, 7) is 0.00347. The van der Waals surface area contributed by atoms with E-state index in [0.717, 1.165) is 11.8 Å². The number of carboxylic acid groups (broad SMARTS) is 1. The van der Waals surface area contributed by atoms with E-state index in [-0.39, 0.29) is 6.54 Å². The quantitative estimate of drug-likeness (QED) is 0.498. The summed E-state index contributed by atoms with van der Waals surface area (Å²) in [6.07, 6.45) is -1.48. The fourth-order valence-electron chi connectivity index (χ4n) is 0.646. The largest absolute Gasteiger partial charge is 0.530 e. The molecule has 0 atom stereocenters. The summed E-state index contributed by atoms with van der Waals surface area (Å²) in [5.41, 5.74) is 0. The van der Waals surface area contributed by atoms with E-state index in [1.165, 1.54) is 0 Å². The predicted molar refractivity (Wildman–Crippen MR) is 42.6 cm³/mol. The average molecular weight is 190 g/mol. The monoisotopic (exact) mass is 190 g/mol. The molecule has 1 aliphatic heterocycles. The van der Waals surface area contributed by atoms with Crippen molar-refractivity contribution in [2.45, 2.75) is 0 Å². The fraction of sp³-hybridized carbons (Fsp3) is 0.400. The van der Waals surface area contributed by atoms with E-state index < -0.39 is 11.3 Å². The van der Waals surface area contributed by atoms with E-state index >= 15 is 0 Å². The van der Waals surface area contributed by atoms with Crippen molar-refractivity contribution >= 4 is 40.2 Å². The lowest BCUT2D eigenvalue weighted by molar-refractivity contribution is -0.260. The van der Waals surface area contributed by atoms with Crippen LogP contribution in [-0.2, 0) is 0 Å². The van der Waals surface area contributed by atoms with Gasteiger partial charge in [-0.1, -0.05) is 24.0 Å². The predicted octanol–water partition coefficient (Wildman–Crippen LogP) is -0.132. The van der Waals surface area contributed by atoms with Gasteiger partial charge in [-0.05, 0) is 0 Å². The SMILES string of the molecule is O=C([O-])N1CC(=S)CSC1=O. The zero-order chi connectivity index (χ0) is 8.43. The molecule has 1 saturated heterocycles. The van der Waals surface area contributed by atoms with Crippen molar-refractivity contribution in [1.82, 2.24) is 4.90 Å². The molecule has 1 rings (SSSR count). The van der Waals surface area contributed by atoms with E-state index in [1.807, 2.05) is 0 Å². The molecule has 6 heteroatoms. The zero-order valence-electron chi connectivity index (χ0n) is 5.40. The van der Waals surface area contributed by atoms with E-state index in [0.29, 0.717) is 15.5 Å². The Hall–Kier alpha value is -0.620. The van der Waals surface area contributed by atoms with Crippen LogP contribution in [0.3, 0.4) is 0 Å². The first kappa shape index (κ1) is 8.48. The van der Waals surface area contributed by atoms with Crippen molar-refractivity contribution in [3.63, 3.8) is 0 Å². The molecule has 0 aliphatic carbocycles. The molecule has 0 aromatic heterocycles. The van der Waals surface area contributed by atoms with Crippen LogP contribution < -0.4 is 5.11 Å². The third-order valence-corrected chi connectivity index (χ3v) is 2.55. The normalized spacial score (nSPS) is 18.7. The number of imide groups is 1. The number of hydrogen-bond acceptors (Lipinski definition) is 5. The van der Waals surface area contributed by atoms with Crippen LogP contribution in [0, 0.1) is 0 Å². The van der Waals surface area contributed by atoms with Gasteiger partial charge in [-0.3, -0.25) is 9.69 Å². The van der Waals surface area contributed by atoms with Gasteiger partial charge < -0.3 is 9.90 Å². The van der Waals surface area contributed by atoms with Crippen LogP contribution in [-0.4, -0.2) is 33.4 Å². The van der Waals surface area contributed by atoms with Gasteiger partial charge >= 0.3 is 0 Å². The van der Waals surface area contributed by atoms with Crippen LogP contribution >= 0.6 is 24.0 Å². The zero-order valence-corrected chi connectivity index (χ0v) is 7.04. The van der Waals surface area contributed by atoms with Gasteiger partial charge in [-0.15, -0.1) is 0 Å². The van der Waals surface area contributed by atoms with Crippen molar-refractivity contribution in [1.29, 1.82) is 0 Å². The van der Waals surface area contributed by atoms with Gasteiger partial charge in [-0.25, -0.2) is 0 Å². The van der Waals surface area contributed by atoms with Crippen molar-refractivity contribution in [2.75, 3.05) is 12.3 Å². The summed E-state index contributed by atoms with van der Waals surface area (Å²) in [6, 6.07) is 0. The molecule has 4 nitrogen and oxygen atoms in total. The van der Waals surface area contributed by atoms with E-state index in [4.69, 9.17) is 12.2 Å². The molecule has 0 aromatic rings. The number of nitrogens with zero attached hydrogens (tertiary/aromatic N) is 1. The van der Waals surface area contributed by atoms with Gasteiger partial charge in [0.1, 0.15) is 6.09 Å².